The van der Waals surface area contributed by atoms with Crippen molar-refractivity contribution in [2.75, 3.05) is 6.54 Å². The monoisotopic (exact) mass is 455 g/mol. The Morgan fingerprint density at radius 2 is 1.76 bits per heavy atom. The minimum absolute atomic E-state index is 0.0646. The fraction of sp³-hybridized carbons (Fsp3) is 0.250. The van der Waals surface area contributed by atoms with E-state index in [9.17, 15) is 14.7 Å². The van der Waals surface area contributed by atoms with Crippen LogP contribution in [0.1, 0.15) is 58.9 Å². The van der Waals surface area contributed by atoms with Crippen LogP contribution in [-0.4, -0.2) is 33.1 Å². The van der Waals surface area contributed by atoms with Crippen molar-refractivity contribution in [2.45, 2.75) is 39.2 Å². The lowest BCUT2D eigenvalue weighted by atomic mass is 10.0. The predicted octanol–water partition coefficient (Wildman–Crippen LogP) is 5.74. The lowest BCUT2D eigenvalue weighted by Crippen LogP contribution is -2.24. The Labute approximate surface area is 199 Å². The number of aryl methyl sites for hydroxylation is 1. The topological polar surface area (TPSA) is 84.2 Å². The summed E-state index contributed by atoms with van der Waals surface area (Å²) in [4.78, 5) is 28.4. The molecule has 2 heterocycles. The highest BCUT2D eigenvalue weighted by Crippen LogP contribution is 2.30. The van der Waals surface area contributed by atoms with Crippen molar-refractivity contribution in [1.29, 1.82) is 0 Å². The summed E-state index contributed by atoms with van der Waals surface area (Å²) in [5.74, 6) is -0.574. The van der Waals surface area contributed by atoms with Crippen LogP contribution in [-0.2, 0) is 6.54 Å². The van der Waals surface area contributed by atoms with Crippen molar-refractivity contribution >= 4 is 22.8 Å². The molecule has 2 aromatic carbocycles. The summed E-state index contributed by atoms with van der Waals surface area (Å²) < 4.78 is 2.08. The van der Waals surface area contributed by atoms with Gasteiger partial charge in [0.1, 0.15) is 0 Å². The number of nitrogens with one attached hydrogen (secondary N) is 1. The van der Waals surface area contributed by atoms with E-state index in [-0.39, 0.29) is 11.5 Å². The molecular formula is C28H29N3O3. The number of benzene rings is 2. The third-order valence-corrected chi connectivity index (χ3v) is 6.02. The highest BCUT2D eigenvalue weighted by Gasteiger charge is 2.14. The zero-order valence-electron chi connectivity index (χ0n) is 19.5. The van der Waals surface area contributed by atoms with Gasteiger partial charge in [-0.3, -0.25) is 9.78 Å². The van der Waals surface area contributed by atoms with Gasteiger partial charge in [-0.05, 0) is 60.7 Å². The number of carboxylic acids is 1. The van der Waals surface area contributed by atoms with Crippen LogP contribution in [0.5, 0.6) is 0 Å². The van der Waals surface area contributed by atoms with Gasteiger partial charge >= 0.3 is 5.97 Å². The molecule has 0 unspecified atom stereocenters. The largest absolute Gasteiger partial charge is 0.478 e. The van der Waals surface area contributed by atoms with E-state index in [0.717, 1.165) is 35.0 Å². The normalized spacial score (nSPS) is 11.1. The Kier molecular flexibility index (Phi) is 7.07. The zero-order chi connectivity index (χ0) is 24.1. The summed E-state index contributed by atoms with van der Waals surface area (Å²) in [6.45, 7) is 5.55. The second-order valence-corrected chi connectivity index (χ2v) is 8.73. The van der Waals surface area contributed by atoms with Crippen molar-refractivity contribution in [1.82, 2.24) is 14.9 Å². The highest BCUT2D eigenvalue weighted by atomic mass is 16.4. The number of hydrogen-bond acceptors (Lipinski definition) is 3. The Morgan fingerprint density at radius 3 is 2.44 bits per heavy atom. The average molecular weight is 456 g/mol. The van der Waals surface area contributed by atoms with Gasteiger partial charge in [-0.1, -0.05) is 38.1 Å². The number of fused-ring (bicyclic) bond motifs is 1. The molecule has 1 amide bonds. The maximum Gasteiger partial charge on any atom is 0.335 e. The van der Waals surface area contributed by atoms with E-state index in [1.807, 2.05) is 54.7 Å². The van der Waals surface area contributed by atoms with Gasteiger partial charge in [0.25, 0.3) is 5.91 Å². The Morgan fingerprint density at radius 1 is 1.00 bits per heavy atom. The van der Waals surface area contributed by atoms with E-state index in [1.165, 1.54) is 5.56 Å². The Balaban J connectivity index is 1.41. The van der Waals surface area contributed by atoms with E-state index < -0.39 is 5.97 Å². The molecule has 0 radical (unpaired) electrons. The molecule has 0 atom stereocenters. The van der Waals surface area contributed by atoms with Crippen LogP contribution < -0.4 is 5.32 Å². The van der Waals surface area contributed by atoms with E-state index in [2.05, 4.69) is 28.7 Å². The third-order valence-electron chi connectivity index (χ3n) is 6.02. The molecule has 34 heavy (non-hydrogen) atoms. The van der Waals surface area contributed by atoms with E-state index in [4.69, 9.17) is 0 Å². The molecule has 4 aromatic rings. The number of carboxylic acid groups (broad SMARTS) is 1. The fourth-order valence-corrected chi connectivity index (χ4v) is 4.07. The standard InChI is InChI=1S/C28H29N3O3/c1-19(2)20-8-10-21(11-9-20)27(32)30-15-5-6-16-31-18-24(25-7-3-4-14-29-25)23-13-12-22(28(33)34)17-26(23)31/h3-4,7-14,17-19H,5-6,15-16H2,1-2H3,(H,30,32)(H,33,34). The number of pyridine rings is 1. The maximum absolute atomic E-state index is 12.4. The molecule has 6 heteroatoms. The summed E-state index contributed by atoms with van der Waals surface area (Å²) in [7, 11) is 0. The molecule has 0 saturated heterocycles. The van der Waals surface area contributed by atoms with Crippen molar-refractivity contribution in [3.05, 3.63) is 89.7 Å². The number of carbonyl (C=O) groups is 2. The molecule has 174 valence electrons. The van der Waals surface area contributed by atoms with Gasteiger partial charge in [-0.25, -0.2) is 4.79 Å². The summed E-state index contributed by atoms with van der Waals surface area (Å²) >= 11 is 0. The minimum Gasteiger partial charge on any atom is -0.478 e. The number of aromatic nitrogens is 2. The molecule has 0 aliphatic rings. The van der Waals surface area contributed by atoms with Gasteiger partial charge in [0.05, 0.1) is 11.3 Å². The van der Waals surface area contributed by atoms with Crippen LogP contribution in [0.4, 0.5) is 0 Å². The van der Waals surface area contributed by atoms with Gasteiger partial charge in [0, 0.05) is 47.5 Å². The predicted molar refractivity (Wildman–Crippen MR) is 134 cm³/mol. The first-order valence-electron chi connectivity index (χ1n) is 11.6. The Hall–Kier alpha value is -3.93. The summed E-state index contributed by atoms with van der Waals surface area (Å²) in [5.41, 5.74) is 4.84. The van der Waals surface area contributed by atoms with Crippen LogP contribution in [0.3, 0.4) is 0 Å². The highest BCUT2D eigenvalue weighted by molar-refractivity contribution is 5.99. The lowest BCUT2D eigenvalue weighted by Gasteiger charge is -2.09. The molecule has 0 fully saturated rings. The van der Waals surface area contributed by atoms with Crippen LogP contribution in [0.15, 0.2) is 73.1 Å². The van der Waals surface area contributed by atoms with E-state index >= 15 is 0 Å². The smallest absolute Gasteiger partial charge is 0.335 e. The molecule has 0 saturated carbocycles. The van der Waals surface area contributed by atoms with Gasteiger partial charge in [0.15, 0.2) is 0 Å². The minimum atomic E-state index is -0.946. The molecule has 0 bridgehead atoms. The van der Waals surface area contributed by atoms with Crippen LogP contribution in [0, 0.1) is 0 Å². The maximum atomic E-state index is 12.4. The van der Waals surface area contributed by atoms with Gasteiger partial charge in [0.2, 0.25) is 0 Å². The quantitative estimate of drug-likeness (QED) is 0.316. The number of unbranched alkanes of at least 4 members (excludes halogenated alkanes) is 1. The molecule has 2 N–H and O–H groups in total. The first-order chi connectivity index (χ1) is 16.4. The zero-order valence-corrected chi connectivity index (χ0v) is 19.5. The lowest BCUT2D eigenvalue weighted by molar-refractivity contribution is 0.0696. The van der Waals surface area contributed by atoms with Crippen molar-refractivity contribution in [3.63, 3.8) is 0 Å². The molecule has 2 aromatic heterocycles. The summed E-state index contributed by atoms with van der Waals surface area (Å²) in [6.07, 6.45) is 5.44. The van der Waals surface area contributed by atoms with Crippen LogP contribution in [0.2, 0.25) is 0 Å². The Bertz CT molecular complexity index is 1290. The molecule has 0 aliphatic heterocycles. The van der Waals surface area contributed by atoms with Gasteiger partial charge in [-0.15, -0.1) is 0 Å². The first-order valence-corrected chi connectivity index (χ1v) is 11.6. The number of nitrogens with zero attached hydrogens (tertiary/aromatic N) is 2. The molecule has 4 rings (SSSR count). The third kappa shape index (κ3) is 5.17. The van der Waals surface area contributed by atoms with E-state index in [0.29, 0.717) is 24.6 Å². The van der Waals surface area contributed by atoms with Crippen LogP contribution in [0.25, 0.3) is 22.2 Å². The summed E-state index contributed by atoms with van der Waals surface area (Å²) in [5, 5.41) is 13.4. The van der Waals surface area contributed by atoms with Crippen molar-refractivity contribution in [2.24, 2.45) is 0 Å². The molecule has 0 aliphatic carbocycles. The number of aromatic carboxylic acids is 1. The van der Waals surface area contributed by atoms with Crippen LogP contribution >= 0.6 is 0 Å². The SMILES string of the molecule is CC(C)c1ccc(C(=O)NCCCCn2cc(-c3ccccn3)c3ccc(C(=O)O)cc32)cc1. The second kappa shape index (κ2) is 10.3. The van der Waals surface area contributed by atoms with Gasteiger partial charge < -0.3 is 15.0 Å². The molecular weight excluding hydrogens is 426 g/mol. The number of hydrogen-bond donors (Lipinski definition) is 2. The number of rotatable bonds is 9. The summed E-state index contributed by atoms with van der Waals surface area (Å²) in [6, 6.07) is 18.7. The first kappa shape index (κ1) is 23.2. The molecule has 0 spiro atoms. The second-order valence-electron chi connectivity index (χ2n) is 8.73. The van der Waals surface area contributed by atoms with Gasteiger partial charge in [-0.2, -0.15) is 0 Å². The van der Waals surface area contributed by atoms with Crippen molar-refractivity contribution < 1.29 is 14.7 Å². The number of amides is 1. The fourth-order valence-electron chi connectivity index (χ4n) is 4.07. The number of carbonyl (C=O) groups excluding carboxylic acids is 1. The van der Waals surface area contributed by atoms with E-state index in [1.54, 1.807) is 18.3 Å². The molecule has 6 nitrogen and oxygen atoms in total. The average Bonchev–Trinajstić information content (AvgIpc) is 3.22. The van der Waals surface area contributed by atoms with Crippen molar-refractivity contribution in [3.8, 4) is 11.3 Å².